The second-order valence-corrected chi connectivity index (χ2v) is 8.28. The van der Waals surface area contributed by atoms with Crippen LogP contribution in [0.3, 0.4) is 0 Å². The van der Waals surface area contributed by atoms with E-state index in [1.54, 1.807) is 0 Å². The highest BCUT2D eigenvalue weighted by Gasteiger charge is 2.27. The van der Waals surface area contributed by atoms with Crippen LogP contribution in [-0.4, -0.2) is 4.57 Å². The zero-order valence-corrected chi connectivity index (χ0v) is 16.8. The van der Waals surface area contributed by atoms with Crippen molar-refractivity contribution in [3.05, 3.63) is 84.2 Å². The third-order valence-corrected chi connectivity index (χ3v) is 5.45. The maximum Gasteiger partial charge on any atom is 0.259 e. The Hall–Kier alpha value is -2.87. The van der Waals surface area contributed by atoms with Gasteiger partial charge in [0.05, 0.1) is 7.05 Å². The molecular weight excluding hydrogens is 328 g/mol. The van der Waals surface area contributed by atoms with Crippen LogP contribution >= 0.6 is 0 Å². The van der Waals surface area contributed by atoms with Crippen molar-refractivity contribution < 1.29 is 4.57 Å². The predicted molar refractivity (Wildman–Crippen MR) is 113 cm³/mol. The summed E-state index contributed by atoms with van der Waals surface area (Å²) in [6.45, 7) is 9.07. The highest BCUT2D eigenvalue weighted by Crippen LogP contribution is 2.34. The minimum atomic E-state index is 0.0382. The molecular formula is C25H27N2+. The molecule has 4 aromatic rings. The van der Waals surface area contributed by atoms with Crippen molar-refractivity contribution in [1.29, 1.82) is 0 Å². The van der Waals surface area contributed by atoms with Crippen LogP contribution in [0.1, 0.15) is 32.2 Å². The molecule has 2 heteroatoms. The summed E-state index contributed by atoms with van der Waals surface area (Å²) in [7, 11) is 2.14. The van der Waals surface area contributed by atoms with Crippen molar-refractivity contribution in [1.82, 2.24) is 4.57 Å². The first-order valence-corrected chi connectivity index (χ1v) is 9.54. The highest BCUT2D eigenvalue weighted by molar-refractivity contribution is 5.76. The normalized spacial score (nSPS) is 11.9. The minimum absolute atomic E-state index is 0.0382. The Morgan fingerprint density at radius 3 is 2.15 bits per heavy atom. The van der Waals surface area contributed by atoms with E-state index >= 15 is 0 Å². The van der Waals surface area contributed by atoms with Crippen molar-refractivity contribution in [2.24, 2.45) is 7.05 Å². The van der Waals surface area contributed by atoms with Crippen molar-refractivity contribution in [2.45, 2.75) is 33.1 Å². The van der Waals surface area contributed by atoms with E-state index < -0.39 is 0 Å². The van der Waals surface area contributed by atoms with Gasteiger partial charge in [0.15, 0.2) is 11.0 Å². The fourth-order valence-corrected chi connectivity index (χ4v) is 3.88. The molecule has 2 nitrogen and oxygen atoms in total. The number of benzene rings is 3. The number of hydrogen-bond acceptors (Lipinski definition) is 0. The Kier molecular flexibility index (Phi) is 4.15. The standard InChI is InChI=1S/C25H27N2/c1-18-26(5)23-13-9-10-14-24(23)27(18)22-16-15-20(17-21(22)25(2,3)4)19-11-7-6-8-12-19/h6-17H,1-5H3/q+1. The maximum atomic E-state index is 2.39. The van der Waals surface area contributed by atoms with Gasteiger partial charge in [-0.2, -0.15) is 4.57 Å². The molecule has 0 saturated carbocycles. The molecule has 3 aromatic carbocycles. The molecule has 1 aromatic heterocycles. The van der Waals surface area contributed by atoms with Gasteiger partial charge in [-0.15, -0.1) is 0 Å². The van der Waals surface area contributed by atoms with Gasteiger partial charge in [-0.3, -0.25) is 0 Å². The number of para-hydroxylation sites is 2. The molecule has 0 unspecified atom stereocenters. The van der Waals surface area contributed by atoms with Crippen molar-refractivity contribution >= 4 is 11.0 Å². The van der Waals surface area contributed by atoms with Crippen LogP contribution in [0.4, 0.5) is 0 Å². The topological polar surface area (TPSA) is 8.81 Å². The molecule has 0 fully saturated rings. The first-order valence-electron chi connectivity index (χ1n) is 9.54. The molecule has 27 heavy (non-hydrogen) atoms. The van der Waals surface area contributed by atoms with Gasteiger partial charge in [-0.25, -0.2) is 4.57 Å². The first kappa shape index (κ1) is 17.5. The lowest BCUT2D eigenvalue weighted by molar-refractivity contribution is -0.652. The summed E-state index contributed by atoms with van der Waals surface area (Å²) in [5.74, 6) is 1.23. The molecule has 4 rings (SSSR count). The van der Waals surface area contributed by atoms with Crippen LogP contribution in [0.2, 0.25) is 0 Å². The average molecular weight is 356 g/mol. The Morgan fingerprint density at radius 1 is 0.778 bits per heavy atom. The summed E-state index contributed by atoms with van der Waals surface area (Å²) in [5.41, 5.74) is 7.68. The van der Waals surface area contributed by atoms with Gasteiger partial charge in [0.1, 0.15) is 5.69 Å². The lowest BCUT2D eigenvalue weighted by Crippen LogP contribution is -2.31. The number of imidazole rings is 1. The Labute approximate surface area is 161 Å². The molecule has 0 aliphatic rings. The number of rotatable bonds is 2. The quantitative estimate of drug-likeness (QED) is 0.406. The Balaban J connectivity index is 2.01. The summed E-state index contributed by atoms with van der Waals surface area (Å²) in [6.07, 6.45) is 0. The van der Waals surface area contributed by atoms with Crippen LogP contribution < -0.4 is 4.57 Å². The number of aryl methyl sites for hydroxylation is 1. The number of aromatic nitrogens is 2. The maximum absolute atomic E-state index is 2.39. The lowest BCUT2D eigenvalue weighted by Gasteiger charge is -2.22. The summed E-state index contributed by atoms with van der Waals surface area (Å²) in [4.78, 5) is 0. The zero-order valence-electron chi connectivity index (χ0n) is 16.8. The van der Waals surface area contributed by atoms with Gasteiger partial charge in [0, 0.05) is 12.5 Å². The number of fused-ring (bicyclic) bond motifs is 1. The Bertz CT molecular complexity index is 1110. The van der Waals surface area contributed by atoms with Crippen LogP contribution in [0.25, 0.3) is 27.8 Å². The lowest BCUT2D eigenvalue weighted by atomic mass is 9.84. The molecule has 0 atom stereocenters. The van der Waals surface area contributed by atoms with E-state index in [1.807, 2.05) is 0 Å². The second kappa shape index (κ2) is 6.38. The summed E-state index contributed by atoms with van der Waals surface area (Å²) in [6, 6.07) is 26.1. The monoisotopic (exact) mass is 355 g/mol. The van der Waals surface area contributed by atoms with Gasteiger partial charge in [-0.05, 0) is 40.8 Å². The molecule has 0 bridgehead atoms. The van der Waals surface area contributed by atoms with E-state index in [0.717, 1.165) is 0 Å². The van der Waals surface area contributed by atoms with Gasteiger partial charge >= 0.3 is 0 Å². The molecule has 0 aliphatic heterocycles. The third kappa shape index (κ3) is 2.95. The predicted octanol–water partition coefficient (Wildman–Crippen LogP) is 5.73. The average Bonchev–Trinajstić information content (AvgIpc) is 2.92. The highest BCUT2D eigenvalue weighted by atomic mass is 15.2. The largest absolute Gasteiger partial charge is 0.259 e. The fourth-order valence-electron chi connectivity index (χ4n) is 3.88. The third-order valence-electron chi connectivity index (χ3n) is 5.45. The summed E-state index contributed by atoms with van der Waals surface area (Å²) < 4.78 is 4.66. The number of hydrogen-bond donors (Lipinski definition) is 0. The first-order chi connectivity index (χ1) is 12.9. The molecule has 0 spiro atoms. The van der Waals surface area contributed by atoms with Crippen molar-refractivity contribution in [3.8, 4) is 16.8 Å². The van der Waals surface area contributed by atoms with Crippen molar-refractivity contribution in [2.75, 3.05) is 0 Å². The molecule has 0 aliphatic carbocycles. The fraction of sp³-hybridized carbons (Fsp3) is 0.240. The molecule has 0 saturated heterocycles. The summed E-state index contributed by atoms with van der Waals surface area (Å²) in [5, 5.41) is 0. The molecule has 0 amide bonds. The van der Waals surface area contributed by atoms with Gasteiger partial charge in [0.25, 0.3) is 5.82 Å². The van der Waals surface area contributed by atoms with E-state index in [2.05, 4.69) is 117 Å². The summed E-state index contributed by atoms with van der Waals surface area (Å²) >= 11 is 0. The van der Waals surface area contributed by atoms with Gasteiger partial charge < -0.3 is 0 Å². The SMILES string of the molecule is Cc1n(-c2ccc(-c3ccccc3)cc2C(C)(C)C)c2ccccc2[n+]1C. The molecule has 136 valence electrons. The van der Waals surface area contributed by atoms with E-state index in [0.29, 0.717) is 0 Å². The smallest absolute Gasteiger partial charge is 0.230 e. The van der Waals surface area contributed by atoms with Gasteiger partial charge in [0.2, 0.25) is 0 Å². The van der Waals surface area contributed by atoms with Crippen LogP contribution in [0.5, 0.6) is 0 Å². The van der Waals surface area contributed by atoms with Crippen LogP contribution in [0.15, 0.2) is 72.8 Å². The number of nitrogens with zero attached hydrogens (tertiary/aromatic N) is 2. The molecule has 1 heterocycles. The van der Waals surface area contributed by atoms with E-state index in [4.69, 9.17) is 0 Å². The van der Waals surface area contributed by atoms with Crippen LogP contribution in [0, 0.1) is 6.92 Å². The van der Waals surface area contributed by atoms with Crippen LogP contribution in [-0.2, 0) is 12.5 Å². The van der Waals surface area contributed by atoms with Crippen molar-refractivity contribution in [3.63, 3.8) is 0 Å². The second-order valence-electron chi connectivity index (χ2n) is 8.28. The molecule has 0 N–H and O–H groups in total. The van der Waals surface area contributed by atoms with E-state index in [-0.39, 0.29) is 5.41 Å². The van der Waals surface area contributed by atoms with E-state index in [9.17, 15) is 0 Å². The molecule has 0 radical (unpaired) electrons. The van der Waals surface area contributed by atoms with E-state index in [1.165, 1.54) is 39.2 Å². The van der Waals surface area contributed by atoms with Gasteiger partial charge in [-0.1, -0.05) is 69.3 Å². The minimum Gasteiger partial charge on any atom is -0.230 e. The Morgan fingerprint density at radius 2 is 1.44 bits per heavy atom. The zero-order chi connectivity index (χ0) is 19.2.